The van der Waals surface area contributed by atoms with E-state index in [1.165, 1.54) is 25.3 Å². The van der Waals surface area contributed by atoms with Crippen LogP contribution in [0.4, 0.5) is 5.69 Å². The molecular weight excluding hydrogens is 558 g/mol. The third-order valence-corrected chi connectivity index (χ3v) is 7.39. The van der Waals surface area contributed by atoms with Gasteiger partial charge in [0.05, 0.1) is 25.2 Å². The van der Waals surface area contributed by atoms with Crippen LogP contribution in [-0.4, -0.2) is 67.7 Å². The molecule has 43 heavy (non-hydrogen) atoms. The molecule has 1 aromatic heterocycles. The molecule has 11 nitrogen and oxygen atoms in total. The molecule has 5 rings (SSSR count). The van der Waals surface area contributed by atoms with E-state index < -0.39 is 41.5 Å². The zero-order valence-electron chi connectivity index (χ0n) is 24.3. The lowest BCUT2D eigenvalue weighted by Crippen LogP contribution is -2.63. The number of anilines is 1. The van der Waals surface area contributed by atoms with Crippen molar-refractivity contribution in [2.24, 2.45) is 0 Å². The molecule has 0 radical (unpaired) electrons. The highest BCUT2D eigenvalue weighted by atomic mass is 16.7. The van der Waals surface area contributed by atoms with E-state index in [9.17, 15) is 19.8 Å². The summed E-state index contributed by atoms with van der Waals surface area (Å²) in [6.45, 7) is 3.43. The molecule has 2 heterocycles. The predicted octanol–water partition coefficient (Wildman–Crippen LogP) is 3.98. The fourth-order valence-electron chi connectivity index (χ4n) is 5.17. The van der Waals surface area contributed by atoms with Gasteiger partial charge in [0.2, 0.25) is 11.7 Å². The van der Waals surface area contributed by atoms with Crippen molar-refractivity contribution in [2.45, 2.75) is 44.1 Å². The predicted molar refractivity (Wildman–Crippen MR) is 158 cm³/mol. The average molecular weight is 592 g/mol. The summed E-state index contributed by atoms with van der Waals surface area (Å²) in [5.41, 5.74) is 0.485. The Morgan fingerprint density at radius 1 is 0.930 bits per heavy atom. The maximum atomic E-state index is 13.2. The van der Waals surface area contributed by atoms with Crippen LogP contribution in [0.5, 0.6) is 17.2 Å². The number of hydrogen-bond acceptors (Lipinski definition) is 10. The molecule has 3 N–H and O–H groups in total. The summed E-state index contributed by atoms with van der Waals surface area (Å²) in [4.78, 5) is 26.4. The van der Waals surface area contributed by atoms with Crippen molar-refractivity contribution in [3.8, 4) is 28.4 Å². The number of aliphatic hydroxyl groups is 2. The number of aliphatic hydroxyl groups excluding tert-OH is 2. The second-order valence-corrected chi connectivity index (χ2v) is 10.6. The highest BCUT2D eigenvalue weighted by Crippen LogP contribution is 2.34. The maximum absolute atomic E-state index is 13.2. The number of carbonyl (C=O) groups is 1. The van der Waals surface area contributed by atoms with E-state index in [-0.39, 0.29) is 22.4 Å². The molecule has 0 saturated carbocycles. The molecule has 3 aromatic carbocycles. The fraction of sp³-hybridized carbons (Fsp3) is 0.312. The van der Waals surface area contributed by atoms with E-state index in [2.05, 4.69) is 5.32 Å². The van der Waals surface area contributed by atoms with Crippen LogP contribution < -0.4 is 25.0 Å². The van der Waals surface area contributed by atoms with Crippen LogP contribution in [0.15, 0.2) is 76.1 Å². The van der Waals surface area contributed by atoms with Gasteiger partial charge in [0.15, 0.2) is 0 Å². The largest absolute Gasteiger partial charge is 0.497 e. The number of carbonyl (C=O) groups excluding carboxylic acids is 1. The third-order valence-electron chi connectivity index (χ3n) is 7.39. The van der Waals surface area contributed by atoms with E-state index >= 15 is 0 Å². The summed E-state index contributed by atoms with van der Waals surface area (Å²) in [5, 5.41) is 23.9. The van der Waals surface area contributed by atoms with E-state index in [1.807, 2.05) is 24.3 Å². The van der Waals surface area contributed by atoms with Crippen LogP contribution in [0.25, 0.3) is 22.1 Å². The summed E-state index contributed by atoms with van der Waals surface area (Å²) < 4.78 is 33.4. The van der Waals surface area contributed by atoms with Gasteiger partial charge in [-0.15, -0.1) is 0 Å². The first-order valence-corrected chi connectivity index (χ1v) is 13.5. The lowest BCUT2D eigenvalue weighted by Gasteiger charge is -2.46. The first kappa shape index (κ1) is 30.1. The Hall–Kier alpha value is -4.42. The van der Waals surface area contributed by atoms with Crippen LogP contribution in [0, 0.1) is 0 Å². The molecule has 1 amide bonds. The number of fused-ring (bicyclic) bond motifs is 1. The van der Waals surface area contributed by atoms with Crippen LogP contribution in [0.1, 0.15) is 24.2 Å². The molecule has 1 saturated heterocycles. The maximum Gasteiger partial charge on any atom is 0.255 e. The number of amides is 1. The van der Waals surface area contributed by atoms with Gasteiger partial charge in [-0.2, -0.15) is 0 Å². The summed E-state index contributed by atoms with van der Waals surface area (Å²) in [7, 11) is 4.54. The standard InChI is InChI=1S/C32H33NO10/c1-32(2)29(40-5)27(35)28(36)31(43-32)42-20-10-11-21-25(15-20)41-16-23(26(21)34)33-30(37)18-9-12-24(39-4)22(14-18)17-7-6-8-19(13-17)38-3/h6-16,27-29,31,35-36H,1-5H3,(H,33,37)/t27-,28+,29+,31+/m0/s1. The second-order valence-electron chi connectivity index (χ2n) is 10.6. The smallest absolute Gasteiger partial charge is 0.255 e. The Labute approximate surface area is 247 Å². The molecule has 4 aromatic rings. The minimum Gasteiger partial charge on any atom is -0.497 e. The van der Waals surface area contributed by atoms with Gasteiger partial charge in [-0.3, -0.25) is 9.59 Å². The Kier molecular flexibility index (Phi) is 8.43. The fourth-order valence-corrected chi connectivity index (χ4v) is 5.17. The first-order valence-electron chi connectivity index (χ1n) is 13.5. The minimum absolute atomic E-state index is 0.0496. The van der Waals surface area contributed by atoms with E-state index in [0.717, 1.165) is 11.8 Å². The zero-order valence-corrected chi connectivity index (χ0v) is 24.3. The van der Waals surface area contributed by atoms with E-state index in [0.29, 0.717) is 22.6 Å². The lowest BCUT2D eigenvalue weighted by atomic mass is 9.89. The van der Waals surface area contributed by atoms with E-state index in [1.54, 1.807) is 46.3 Å². The molecule has 1 aliphatic rings. The third kappa shape index (κ3) is 5.93. The number of benzene rings is 3. The summed E-state index contributed by atoms with van der Waals surface area (Å²) in [5.74, 6) is 0.937. The quantitative estimate of drug-likeness (QED) is 0.275. The van der Waals surface area contributed by atoms with Crippen molar-refractivity contribution >= 4 is 22.6 Å². The Morgan fingerprint density at radius 3 is 2.44 bits per heavy atom. The van der Waals surface area contributed by atoms with Crippen LogP contribution in [0.2, 0.25) is 0 Å². The highest BCUT2D eigenvalue weighted by Gasteiger charge is 2.50. The highest BCUT2D eigenvalue weighted by molar-refractivity contribution is 6.05. The molecule has 1 aliphatic heterocycles. The lowest BCUT2D eigenvalue weighted by molar-refractivity contribution is -0.305. The van der Waals surface area contributed by atoms with E-state index in [4.69, 9.17) is 28.1 Å². The topological polar surface area (TPSA) is 146 Å². The Morgan fingerprint density at radius 2 is 1.72 bits per heavy atom. The number of nitrogens with one attached hydrogen (secondary N) is 1. The van der Waals surface area contributed by atoms with Crippen molar-refractivity contribution in [2.75, 3.05) is 26.6 Å². The molecule has 0 bridgehead atoms. The molecule has 0 aliphatic carbocycles. The number of rotatable bonds is 8. The molecular formula is C32H33NO10. The first-order chi connectivity index (χ1) is 20.6. The number of methoxy groups -OCH3 is 3. The Bertz CT molecular complexity index is 1700. The summed E-state index contributed by atoms with van der Waals surface area (Å²) >= 11 is 0. The zero-order chi connectivity index (χ0) is 30.9. The second kappa shape index (κ2) is 12.1. The average Bonchev–Trinajstić information content (AvgIpc) is 3.00. The molecule has 11 heteroatoms. The van der Waals surface area contributed by atoms with Crippen LogP contribution in [-0.2, 0) is 9.47 Å². The molecule has 4 atom stereocenters. The van der Waals surface area contributed by atoms with Gasteiger partial charge in [-0.05, 0) is 61.9 Å². The van der Waals surface area contributed by atoms with Gasteiger partial charge >= 0.3 is 0 Å². The van der Waals surface area contributed by atoms with Crippen LogP contribution in [0.3, 0.4) is 0 Å². The summed E-state index contributed by atoms with van der Waals surface area (Å²) in [6, 6.07) is 16.7. The number of hydrogen-bond donors (Lipinski definition) is 3. The SMILES string of the molecule is COc1cccc(-c2cc(C(=O)Nc3coc4cc(O[C@@H]5OC(C)(C)[C@H](OC)[C@@H](O)[C@H]5O)ccc4c3=O)ccc2OC)c1. The van der Waals surface area contributed by atoms with Gasteiger partial charge < -0.3 is 43.6 Å². The van der Waals surface area contributed by atoms with Gasteiger partial charge in [0.1, 0.15) is 53.1 Å². The monoisotopic (exact) mass is 591 g/mol. The van der Waals surface area contributed by atoms with Gasteiger partial charge in [-0.25, -0.2) is 0 Å². The van der Waals surface area contributed by atoms with Crippen LogP contribution >= 0.6 is 0 Å². The van der Waals surface area contributed by atoms with Crippen molar-refractivity contribution in [1.29, 1.82) is 0 Å². The summed E-state index contributed by atoms with van der Waals surface area (Å²) in [6.07, 6.45) is -3.45. The van der Waals surface area contributed by atoms with Gasteiger partial charge in [-0.1, -0.05) is 12.1 Å². The normalized spacial score (nSPS) is 21.3. The molecule has 226 valence electrons. The van der Waals surface area contributed by atoms with Crippen molar-refractivity contribution in [1.82, 2.24) is 0 Å². The van der Waals surface area contributed by atoms with Crippen molar-refractivity contribution < 1.29 is 43.1 Å². The van der Waals surface area contributed by atoms with Gasteiger partial charge in [0, 0.05) is 24.3 Å². The van der Waals surface area contributed by atoms with Crippen molar-refractivity contribution in [3.05, 3.63) is 82.7 Å². The minimum atomic E-state index is -1.39. The Balaban J connectivity index is 1.36. The molecule has 1 fully saturated rings. The molecule has 0 spiro atoms. The van der Waals surface area contributed by atoms with Gasteiger partial charge in [0.25, 0.3) is 5.91 Å². The van der Waals surface area contributed by atoms with Crippen molar-refractivity contribution in [3.63, 3.8) is 0 Å². The number of ether oxygens (including phenoxy) is 5. The molecule has 0 unspecified atom stereocenters.